The minimum absolute atomic E-state index is 0.0300. The standard InChI is InChI=1S/C20H26N4O2S/c1-21-20(22-8-10-24-9-6-19-15(13-24)7-11-27-19)23-12-16-14-25-17-4-2-3-5-18(17)26-16/h2-5,7,11,16H,6,8-10,12-14H2,1H3,(H2,21,22,23). The summed E-state index contributed by atoms with van der Waals surface area (Å²) in [4.78, 5) is 8.35. The van der Waals surface area contributed by atoms with E-state index in [1.54, 1.807) is 11.9 Å². The number of thiophene rings is 1. The molecular formula is C20H26N4O2S. The topological polar surface area (TPSA) is 58.1 Å². The van der Waals surface area contributed by atoms with Gasteiger partial charge in [0.1, 0.15) is 12.7 Å². The summed E-state index contributed by atoms with van der Waals surface area (Å²) in [5, 5.41) is 8.93. The molecule has 1 aromatic heterocycles. The van der Waals surface area contributed by atoms with Crippen molar-refractivity contribution in [3.8, 4) is 11.5 Å². The molecule has 0 fully saturated rings. The molecule has 0 radical (unpaired) electrons. The maximum Gasteiger partial charge on any atom is 0.191 e. The van der Waals surface area contributed by atoms with Crippen molar-refractivity contribution >= 4 is 17.3 Å². The van der Waals surface area contributed by atoms with Gasteiger partial charge in [-0.05, 0) is 35.6 Å². The Kier molecular flexibility index (Phi) is 5.79. The van der Waals surface area contributed by atoms with E-state index in [1.165, 1.54) is 12.0 Å². The largest absolute Gasteiger partial charge is 0.486 e. The van der Waals surface area contributed by atoms with Crippen molar-refractivity contribution in [1.82, 2.24) is 15.5 Å². The zero-order valence-corrected chi connectivity index (χ0v) is 16.4. The fourth-order valence-electron chi connectivity index (χ4n) is 3.42. The number of fused-ring (bicyclic) bond motifs is 2. The summed E-state index contributed by atoms with van der Waals surface area (Å²) < 4.78 is 11.7. The van der Waals surface area contributed by atoms with Crippen LogP contribution in [0.25, 0.3) is 0 Å². The highest BCUT2D eigenvalue weighted by atomic mass is 32.1. The first-order chi connectivity index (χ1) is 13.3. The fourth-order valence-corrected chi connectivity index (χ4v) is 4.31. The number of aliphatic imine (C=N–C) groups is 1. The second-order valence-electron chi connectivity index (χ2n) is 6.77. The molecule has 2 aliphatic rings. The molecular weight excluding hydrogens is 360 g/mol. The molecule has 4 rings (SSSR count). The van der Waals surface area contributed by atoms with E-state index >= 15 is 0 Å². The molecule has 0 saturated heterocycles. The Bertz CT molecular complexity index is 792. The average Bonchev–Trinajstić information content (AvgIpc) is 3.18. The number of ether oxygens (including phenoxy) is 2. The lowest BCUT2D eigenvalue weighted by Gasteiger charge is -2.28. The Balaban J connectivity index is 1.18. The van der Waals surface area contributed by atoms with E-state index < -0.39 is 0 Å². The lowest BCUT2D eigenvalue weighted by atomic mass is 10.1. The second-order valence-corrected chi connectivity index (χ2v) is 7.77. The predicted octanol–water partition coefficient (Wildman–Crippen LogP) is 2.11. The Morgan fingerprint density at radius 3 is 3.04 bits per heavy atom. The highest BCUT2D eigenvalue weighted by Crippen LogP contribution is 2.30. The number of rotatable bonds is 5. The first kappa shape index (κ1) is 18.1. The van der Waals surface area contributed by atoms with Gasteiger partial charge in [-0.3, -0.25) is 9.89 Å². The minimum Gasteiger partial charge on any atom is -0.486 e. The summed E-state index contributed by atoms with van der Waals surface area (Å²) in [6.45, 7) is 5.25. The van der Waals surface area contributed by atoms with Crippen LogP contribution in [-0.2, 0) is 13.0 Å². The van der Waals surface area contributed by atoms with Crippen LogP contribution in [0.5, 0.6) is 11.5 Å². The number of nitrogens with one attached hydrogen (secondary N) is 2. The van der Waals surface area contributed by atoms with E-state index in [1.807, 2.05) is 35.6 Å². The molecule has 3 heterocycles. The van der Waals surface area contributed by atoms with Crippen molar-refractivity contribution in [2.24, 2.45) is 4.99 Å². The van der Waals surface area contributed by atoms with Crippen LogP contribution in [0.15, 0.2) is 40.7 Å². The van der Waals surface area contributed by atoms with Crippen LogP contribution in [0.2, 0.25) is 0 Å². The number of nitrogens with zero attached hydrogens (tertiary/aromatic N) is 2. The molecule has 27 heavy (non-hydrogen) atoms. The summed E-state index contributed by atoms with van der Waals surface area (Å²) in [6.07, 6.45) is 1.14. The van der Waals surface area contributed by atoms with E-state index in [4.69, 9.17) is 9.47 Å². The Morgan fingerprint density at radius 2 is 2.15 bits per heavy atom. The first-order valence-corrected chi connectivity index (χ1v) is 10.3. The zero-order valence-electron chi connectivity index (χ0n) is 15.6. The molecule has 2 N–H and O–H groups in total. The van der Waals surface area contributed by atoms with E-state index in [0.717, 1.165) is 43.6 Å². The van der Waals surface area contributed by atoms with Gasteiger partial charge in [-0.1, -0.05) is 12.1 Å². The Hall–Kier alpha value is -2.25. The predicted molar refractivity (Wildman–Crippen MR) is 109 cm³/mol. The molecule has 1 atom stereocenters. The van der Waals surface area contributed by atoms with Crippen LogP contribution < -0.4 is 20.1 Å². The Morgan fingerprint density at radius 1 is 1.26 bits per heavy atom. The van der Waals surface area contributed by atoms with Crippen LogP contribution >= 0.6 is 11.3 Å². The highest BCUT2D eigenvalue weighted by molar-refractivity contribution is 7.10. The fraction of sp³-hybridized carbons (Fsp3) is 0.450. The third-order valence-corrected chi connectivity index (χ3v) is 5.92. The van der Waals surface area contributed by atoms with Crippen molar-refractivity contribution in [3.63, 3.8) is 0 Å². The first-order valence-electron chi connectivity index (χ1n) is 9.42. The maximum absolute atomic E-state index is 5.97. The highest BCUT2D eigenvalue weighted by Gasteiger charge is 2.21. The minimum atomic E-state index is -0.0300. The third-order valence-electron chi connectivity index (χ3n) is 4.90. The van der Waals surface area contributed by atoms with E-state index in [2.05, 4.69) is 32.0 Å². The van der Waals surface area contributed by atoms with Gasteiger partial charge >= 0.3 is 0 Å². The van der Waals surface area contributed by atoms with Gasteiger partial charge in [-0.15, -0.1) is 11.3 Å². The van der Waals surface area contributed by atoms with Gasteiger partial charge in [-0.2, -0.15) is 0 Å². The molecule has 1 unspecified atom stereocenters. The third kappa shape index (κ3) is 4.54. The molecule has 7 heteroatoms. The summed E-state index contributed by atoms with van der Waals surface area (Å²) in [5.74, 6) is 2.41. The van der Waals surface area contributed by atoms with Crippen molar-refractivity contribution in [3.05, 3.63) is 46.2 Å². The van der Waals surface area contributed by atoms with Crippen LogP contribution in [0.4, 0.5) is 0 Å². The summed E-state index contributed by atoms with van der Waals surface area (Å²) >= 11 is 1.88. The number of hydrogen-bond acceptors (Lipinski definition) is 5. The zero-order chi connectivity index (χ0) is 18.5. The molecule has 0 amide bonds. The van der Waals surface area contributed by atoms with Crippen LogP contribution in [0, 0.1) is 0 Å². The molecule has 144 valence electrons. The average molecular weight is 387 g/mol. The van der Waals surface area contributed by atoms with Crippen molar-refractivity contribution in [2.75, 3.05) is 39.8 Å². The second kappa shape index (κ2) is 8.63. The lowest BCUT2D eigenvalue weighted by molar-refractivity contribution is 0.0936. The van der Waals surface area contributed by atoms with Crippen LogP contribution in [0.1, 0.15) is 10.4 Å². The summed E-state index contributed by atoms with van der Waals surface area (Å²) in [5.41, 5.74) is 1.49. The SMILES string of the molecule is CN=C(NCCN1CCc2sccc2C1)NCC1COc2ccccc2O1. The number of benzene rings is 1. The monoisotopic (exact) mass is 386 g/mol. The normalized spacial score (nSPS) is 19.4. The van der Waals surface area contributed by atoms with Crippen LogP contribution in [-0.4, -0.2) is 56.8 Å². The maximum atomic E-state index is 5.97. The number of para-hydroxylation sites is 2. The quantitative estimate of drug-likeness (QED) is 0.609. The van der Waals surface area contributed by atoms with Crippen molar-refractivity contribution < 1.29 is 9.47 Å². The van der Waals surface area contributed by atoms with E-state index in [-0.39, 0.29) is 6.10 Å². The van der Waals surface area contributed by atoms with Crippen molar-refractivity contribution in [1.29, 1.82) is 0 Å². The van der Waals surface area contributed by atoms with Gasteiger partial charge in [0, 0.05) is 38.1 Å². The summed E-state index contributed by atoms with van der Waals surface area (Å²) in [7, 11) is 1.79. The van der Waals surface area contributed by atoms with Gasteiger partial charge in [-0.25, -0.2) is 0 Å². The van der Waals surface area contributed by atoms with E-state index in [9.17, 15) is 0 Å². The van der Waals surface area contributed by atoms with Gasteiger partial charge in [0.05, 0.1) is 6.54 Å². The lowest BCUT2D eigenvalue weighted by Crippen LogP contribution is -2.47. The van der Waals surface area contributed by atoms with Gasteiger partial charge in [0.2, 0.25) is 0 Å². The molecule has 1 aromatic carbocycles. The van der Waals surface area contributed by atoms with Gasteiger partial charge in [0.15, 0.2) is 17.5 Å². The van der Waals surface area contributed by atoms with Gasteiger partial charge < -0.3 is 20.1 Å². The molecule has 2 aliphatic heterocycles. The smallest absolute Gasteiger partial charge is 0.191 e. The van der Waals surface area contributed by atoms with Crippen molar-refractivity contribution in [2.45, 2.75) is 19.1 Å². The summed E-state index contributed by atoms with van der Waals surface area (Å²) in [6, 6.07) is 10.0. The van der Waals surface area contributed by atoms with Gasteiger partial charge in [0.25, 0.3) is 0 Å². The number of guanidine groups is 1. The molecule has 6 nitrogen and oxygen atoms in total. The molecule has 0 saturated carbocycles. The van der Waals surface area contributed by atoms with Crippen LogP contribution in [0.3, 0.4) is 0 Å². The Labute approximate surface area is 164 Å². The number of hydrogen-bond donors (Lipinski definition) is 2. The van der Waals surface area contributed by atoms with E-state index in [0.29, 0.717) is 13.2 Å². The molecule has 2 aromatic rings. The molecule has 0 spiro atoms. The molecule has 0 aliphatic carbocycles. The molecule has 0 bridgehead atoms.